The standard InChI is InChI=1S/C15H16O4/c1-10(16)13(15(17)18-2)9-11-5-6-14-12(8-11)4-3-7-19-14/h5-6,8-9H,3-4,7H2,1-2H3/b13-9-. The van der Waals surface area contributed by atoms with Crippen molar-refractivity contribution >= 4 is 17.8 Å². The summed E-state index contributed by atoms with van der Waals surface area (Å²) in [5.74, 6) is -0.0341. The van der Waals surface area contributed by atoms with Gasteiger partial charge in [0, 0.05) is 0 Å². The third kappa shape index (κ3) is 3.02. The van der Waals surface area contributed by atoms with Crippen LogP contribution in [0.1, 0.15) is 24.5 Å². The van der Waals surface area contributed by atoms with Crippen molar-refractivity contribution in [2.24, 2.45) is 0 Å². The number of methoxy groups -OCH3 is 1. The lowest BCUT2D eigenvalue weighted by atomic mass is 10.0. The van der Waals surface area contributed by atoms with E-state index in [1.54, 1.807) is 6.08 Å². The van der Waals surface area contributed by atoms with Gasteiger partial charge < -0.3 is 9.47 Å². The molecule has 0 spiro atoms. The number of ether oxygens (including phenoxy) is 2. The Bertz CT molecular complexity index is 543. The summed E-state index contributed by atoms with van der Waals surface area (Å²) in [6, 6.07) is 5.64. The van der Waals surface area contributed by atoms with Crippen LogP contribution in [0.3, 0.4) is 0 Å². The van der Waals surface area contributed by atoms with E-state index in [2.05, 4.69) is 4.74 Å². The first kappa shape index (κ1) is 13.3. The largest absolute Gasteiger partial charge is 0.493 e. The molecule has 0 unspecified atom stereocenters. The number of aryl methyl sites for hydroxylation is 1. The smallest absolute Gasteiger partial charge is 0.341 e. The molecule has 0 N–H and O–H groups in total. The molecule has 1 aliphatic rings. The molecule has 0 saturated heterocycles. The SMILES string of the molecule is COC(=O)/C(=C\c1ccc2c(c1)CCCO2)C(C)=O. The molecule has 1 heterocycles. The number of ketones is 1. The fourth-order valence-corrected chi connectivity index (χ4v) is 2.05. The number of esters is 1. The van der Waals surface area contributed by atoms with Gasteiger partial charge >= 0.3 is 5.97 Å². The molecular formula is C15H16O4. The average molecular weight is 260 g/mol. The van der Waals surface area contributed by atoms with Crippen LogP contribution in [0.4, 0.5) is 0 Å². The zero-order chi connectivity index (χ0) is 13.8. The second-order valence-electron chi connectivity index (χ2n) is 4.42. The summed E-state index contributed by atoms with van der Waals surface area (Å²) in [5, 5.41) is 0. The van der Waals surface area contributed by atoms with Gasteiger partial charge in [-0.15, -0.1) is 0 Å². The van der Waals surface area contributed by atoms with Crippen molar-refractivity contribution in [1.82, 2.24) is 0 Å². The highest BCUT2D eigenvalue weighted by molar-refractivity contribution is 6.19. The first-order valence-electron chi connectivity index (χ1n) is 6.18. The number of rotatable bonds is 3. The molecule has 1 aromatic rings. The number of hydrogen-bond donors (Lipinski definition) is 0. The minimum absolute atomic E-state index is 0.0548. The summed E-state index contributed by atoms with van der Waals surface area (Å²) in [6.45, 7) is 2.09. The highest BCUT2D eigenvalue weighted by Crippen LogP contribution is 2.26. The predicted molar refractivity (Wildman–Crippen MR) is 70.9 cm³/mol. The van der Waals surface area contributed by atoms with Crippen LogP contribution in [0, 0.1) is 0 Å². The van der Waals surface area contributed by atoms with Crippen molar-refractivity contribution in [3.05, 3.63) is 34.9 Å². The van der Waals surface area contributed by atoms with Gasteiger partial charge in [0.1, 0.15) is 11.3 Å². The molecule has 0 aromatic heterocycles. The third-order valence-corrected chi connectivity index (χ3v) is 3.03. The van der Waals surface area contributed by atoms with E-state index >= 15 is 0 Å². The van der Waals surface area contributed by atoms with E-state index in [1.807, 2.05) is 18.2 Å². The number of carbonyl (C=O) groups excluding carboxylic acids is 2. The van der Waals surface area contributed by atoms with Crippen molar-refractivity contribution in [3.8, 4) is 5.75 Å². The van der Waals surface area contributed by atoms with E-state index in [0.29, 0.717) is 0 Å². The maximum Gasteiger partial charge on any atom is 0.341 e. The average Bonchev–Trinajstić information content (AvgIpc) is 2.43. The van der Waals surface area contributed by atoms with Crippen molar-refractivity contribution in [1.29, 1.82) is 0 Å². The molecule has 0 amide bonds. The van der Waals surface area contributed by atoms with Crippen LogP contribution >= 0.6 is 0 Å². The van der Waals surface area contributed by atoms with E-state index in [4.69, 9.17) is 4.74 Å². The zero-order valence-electron chi connectivity index (χ0n) is 11.1. The van der Waals surface area contributed by atoms with Crippen LogP contribution in [0.5, 0.6) is 5.75 Å². The van der Waals surface area contributed by atoms with Gasteiger partial charge in [-0.1, -0.05) is 6.07 Å². The number of Topliss-reactive ketones (excluding diaryl/α,β-unsaturated/α-hetero) is 1. The fraction of sp³-hybridized carbons (Fsp3) is 0.333. The fourth-order valence-electron chi connectivity index (χ4n) is 2.05. The molecule has 100 valence electrons. The summed E-state index contributed by atoms with van der Waals surface area (Å²) in [5.41, 5.74) is 1.96. The van der Waals surface area contributed by atoms with Gasteiger partial charge in [-0.05, 0) is 49.1 Å². The van der Waals surface area contributed by atoms with Gasteiger partial charge in [0.05, 0.1) is 13.7 Å². The van der Waals surface area contributed by atoms with Gasteiger partial charge in [0.15, 0.2) is 5.78 Å². The lowest BCUT2D eigenvalue weighted by molar-refractivity contribution is -0.137. The molecule has 1 aliphatic heterocycles. The van der Waals surface area contributed by atoms with Gasteiger partial charge in [-0.25, -0.2) is 4.79 Å². The Morgan fingerprint density at radius 1 is 1.37 bits per heavy atom. The predicted octanol–water partition coefficient (Wildman–Crippen LogP) is 2.16. The van der Waals surface area contributed by atoms with Crippen molar-refractivity contribution in [2.45, 2.75) is 19.8 Å². The summed E-state index contributed by atoms with van der Waals surface area (Å²) in [7, 11) is 1.26. The van der Waals surface area contributed by atoms with Gasteiger partial charge in [-0.3, -0.25) is 4.79 Å². The molecular weight excluding hydrogens is 244 g/mol. The van der Waals surface area contributed by atoms with Gasteiger partial charge in [-0.2, -0.15) is 0 Å². The summed E-state index contributed by atoms with van der Waals surface area (Å²) >= 11 is 0. The van der Waals surface area contributed by atoms with E-state index < -0.39 is 5.97 Å². The molecule has 0 aliphatic carbocycles. The maximum atomic E-state index is 11.5. The highest BCUT2D eigenvalue weighted by Gasteiger charge is 2.16. The zero-order valence-corrected chi connectivity index (χ0v) is 11.1. The monoisotopic (exact) mass is 260 g/mol. The lowest BCUT2D eigenvalue weighted by Gasteiger charge is -2.17. The van der Waals surface area contributed by atoms with Crippen LogP contribution in [-0.4, -0.2) is 25.5 Å². The Balaban J connectivity index is 2.35. The minimum Gasteiger partial charge on any atom is -0.493 e. The molecule has 0 atom stereocenters. The number of benzene rings is 1. The first-order chi connectivity index (χ1) is 9.11. The Labute approximate surface area is 112 Å². The summed E-state index contributed by atoms with van der Waals surface area (Å²) in [4.78, 5) is 23.0. The maximum absolute atomic E-state index is 11.5. The molecule has 4 nitrogen and oxygen atoms in total. The van der Waals surface area contributed by atoms with Crippen LogP contribution in [0.15, 0.2) is 23.8 Å². The topological polar surface area (TPSA) is 52.6 Å². The number of hydrogen-bond acceptors (Lipinski definition) is 4. The van der Waals surface area contributed by atoms with E-state index in [1.165, 1.54) is 14.0 Å². The number of carbonyl (C=O) groups is 2. The van der Waals surface area contributed by atoms with E-state index in [9.17, 15) is 9.59 Å². The Hall–Kier alpha value is -2.10. The quantitative estimate of drug-likeness (QED) is 0.362. The van der Waals surface area contributed by atoms with E-state index in [-0.39, 0.29) is 11.4 Å². The molecule has 0 bridgehead atoms. The lowest BCUT2D eigenvalue weighted by Crippen LogP contribution is -2.12. The second-order valence-corrected chi connectivity index (χ2v) is 4.42. The minimum atomic E-state index is -0.610. The number of fused-ring (bicyclic) bond motifs is 1. The van der Waals surface area contributed by atoms with E-state index in [0.717, 1.165) is 36.3 Å². The molecule has 2 rings (SSSR count). The normalized spacial score (nSPS) is 14.3. The highest BCUT2D eigenvalue weighted by atomic mass is 16.5. The summed E-state index contributed by atoms with van der Waals surface area (Å²) in [6.07, 6.45) is 3.49. The van der Waals surface area contributed by atoms with Crippen LogP contribution in [0.25, 0.3) is 6.08 Å². The Kier molecular flexibility index (Phi) is 4.00. The molecule has 4 heteroatoms. The molecule has 0 saturated carbocycles. The van der Waals surface area contributed by atoms with Crippen molar-refractivity contribution < 1.29 is 19.1 Å². The van der Waals surface area contributed by atoms with Crippen molar-refractivity contribution in [3.63, 3.8) is 0 Å². The summed E-state index contributed by atoms with van der Waals surface area (Å²) < 4.78 is 10.1. The molecule has 0 fully saturated rings. The Morgan fingerprint density at radius 2 is 2.16 bits per heavy atom. The van der Waals surface area contributed by atoms with Crippen LogP contribution in [-0.2, 0) is 20.7 Å². The van der Waals surface area contributed by atoms with Crippen molar-refractivity contribution in [2.75, 3.05) is 13.7 Å². The van der Waals surface area contributed by atoms with Crippen LogP contribution < -0.4 is 4.74 Å². The second kappa shape index (κ2) is 5.69. The third-order valence-electron chi connectivity index (χ3n) is 3.03. The van der Waals surface area contributed by atoms with Gasteiger partial charge in [0.25, 0.3) is 0 Å². The molecule has 0 radical (unpaired) electrons. The van der Waals surface area contributed by atoms with Gasteiger partial charge in [0.2, 0.25) is 0 Å². The first-order valence-corrected chi connectivity index (χ1v) is 6.18. The van der Waals surface area contributed by atoms with Crippen LogP contribution in [0.2, 0.25) is 0 Å². The Morgan fingerprint density at radius 3 is 2.84 bits per heavy atom. The molecule has 19 heavy (non-hydrogen) atoms. The molecule has 1 aromatic carbocycles.